The highest BCUT2D eigenvalue weighted by atomic mass is 16.5. The standard InChI is InChI=1S/C11H12N4O4/c1-19-11(18)6-2-3-13-10(9(6)12)15-4-7(16)14-8(17)5-15/h2-3H,4-5,12H2,1H3,(H,14,16,17). The second-order valence-electron chi connectivity index (χ2n) is 3.91. The third kappa shape index (κ3) is 2.46. The van der Waals surface area contributed by atoms with Gasteiger partial charge in [-0.2, -0.15) is 0 Å². The molecule has 0 radical (unpaired) electrons. The molecule has 8 heteroatoms. The number of ether oxygens (including phenoxy) is 1. The van der Waals surface area contributed by atoms with Crippen molar-refractivity contribution in [3.8, 4) is 0 Å². The highest BCUT2D eigenvalue weighted by molar-refractivity contribution is 6.04. The van der Waals surface area contributed by atoms with E-state index in [0.29, 0.717) is 0 Å². The van der Waals surface area contributed by atoms with Crippen LogP contribution in [0.3, 0.4) is 0 Å². The summed E-state index contributed by atoms with van der Waals surface area (Å²) in [5.74, 6) is -1.28. The van der Waals surface area contributed by atoms with Crippen molar-refractivity contribution < 1.29 is 19.1 Å². The fourth-order valence-corrected chi connectivity index (χ4v) is 1.79. The third-order valence-corrected chi connectivity index (χ3v) is 2.62. The molecule has 2 rings (SSSR count). The maximum Gasteiger partial charge on any atom is 0.340 e. The Labute approximate surface area is 108 Å². The fraction of sp³-hybridized carbons (Fsp3) is 0.273. The maximum atomic E-state index is 11.5. The molecule has 0 spiro atoms. The molecular formula is C11H12N4O4. The molecule has 1 aliphatic heterocycles. The number of carbonyl (C=O) groups is 3. The van der Waals surface area contributed by atoms with E-state index in [1.54, 1.807) is 0 Å². The second-order valence-corrected chi connectivity index (χ2v) is 3.91. The number of methoxy groups -OCH3 is 1. The lowest BCUT2D eigenvalue weighted by molar-refractivity contribution is -0.130. The van der Waals surface area contributed by atoms with E-state index in [4.69, 9.17) is 5.73 Å². The molecule has 19 heavy (non-hydrogen) atoms. The van der Waals surface area contributed by atoms with E-state index in [-0.39, 0.29) is 30.2 Å². The van der Waals surface area contributed by atoms with Crippen LogP contribution in [0.25, 0.3) is 0 Å². The van der Waals surface area contributed by atoms with Gasteiger partial charge in [0.25, 0.3) is 0 Å². The number of nitrogens with one attached hydrogen (secondary N) is 1. The number of rotatable bonds is 2. The first-order valence-corrected chi connectivity index (χ1v) is 5.43. The van der Waals surface area contributed by atoms with Gasteiger partial charge in [0, 0.05) is 6.20 Å². The van der Waals surface area contributed by atoms with Crippen molar-refractivity contribution in [1.29, 1.82) is 0 Å². The van der Waals surface area contributed by atoms with Gasteiger partial charge in [-0.1, -0.05) is 0 Å². The Morgan fingerprint density at radius 2 is 2.05 bits per heavy atom. The molecular weight excluding hydrogens is 252 g/mol. The number of aromatic nitrogens is 1. The zero-order chi connectivity index (χ0) is 14.0. The minimum atomic E-state index is -0.603. The van der Waals surface area contributed by atoms with E-state index in [1.165, 1.54) is 24.3 Å². The van der Waals surface area contributed by atoms with Crippen molar-refractivity contribution in [1.82, 2.24) is 10.3 Å². The van der Waals surface area contributed by atoms with Crippen molar-refractivity contribution in [2.24, 2.45) is 0 Å². The third-order valence-electron chi connectivity index (χ3n) is 2.62. The van der Waals surface area contributed by atoms with Crippen LogP contribution in [0.1, 0.15) is 10.4 Å². The molecule has 1 aromatic rings. The van der Waals surface area contributed by atoms with Crippen molar-refractivity contribution in [2.45, 2.75) is 0 Å². The van der Waals surface area contributed by atoms with E-state index >= 15 is 0 Å². The number of amides is 2. The highest BCUT2D eigenvalue weighted by Crippen LogP contribution is 2.24. The van der Waals surface area contributed by atoms with Crippen LogP contribution in [0.2, 0.25) is 0 Å². The van der Waals surface area contributed by atoms with Crippen molar-refractivity contribution in [3.63, 3.8) is 0 Å². The Bertz CT molecular complexity index is 542. The Morgan fingerprint density at radius 1 is 1.42 bits per heavy atom. The molecule has 1 fully saturated rings. The van der Waals surface area contributed by atoms with Gasteiger partial charge in [0.2, 0.25) is 11.8 Å². The number of hydrogen-bond acceptors (Lipinski definition) is 7. The molecule has 0 bridgehead atoms. The summed E-state index contributed by atoms with van der Waals surface area (Å²) in [5.41, 5.74) is 6.06. The second kappa shape index (κ2) is 4.92. The Morgan fingerprint density at radius 3 is 2.63 bits per heavy atom. The van der Waals surface area contributed by atoms with Crippen LogP contribution in [0.4, 0.5) is 11.5 Å². The Hall–Kier alpha value is -2.64. The van der Waals surface area contributed by atoms with Crippen LogP contribution in [0.15, 0.2) is 12.3 Å². The highest BCUT2D eigenvalue weighted by Gasteiger charge is 2.26. The molecule has 2 amide bonds. The Balaban J connectivity index is 2.37. The van der Waals surface area contributed by atoms with Gasteiger partial charge in [-0.15, -0.1) is 0 Å². The summed E-state index contributed by atoms with van der Waals surface area (Å²) < 4.78 is 4.59. The van der Waals surface area contributed by atoms with Gasteiger partial charge in [-0.25, -0.2) is 9.78 Å². The summed E-state index contributed by atoms with van der Waals surface area (Å²) in [4.78, 5) is 39.5. The average Bonchev–Trinajstić information content (AvgIpc) is 2.37. The molecule has 0 atom stereocenters. The molecule has 1 aliphatic rings. The van der Waals surface area contributed by atoms with Crippen molar-refractivity contribution in [3.05, 3.63) is 17.8 Å². The van der Waals surface area contributed by atoms with E-state index in [1.807, 2.05) is 0 Å². The number of hydrogen-bond donors (Lipinski definition) is 2. The van der Waals surface area contributed by atoms with Gasteiger partial charge in [-0.05, 0) is 6.07 Å². The van der Waals surface area contributed by atoms with E-state index < -0.39 is 17.8 Å². The molecule has 1 aromatic heterocycles. The maximum absolute atomic E-state index is 11.5. The molecule has 1 saturated heterocycles. The van der Waals surface area contributed by atoms with E-state index in [0.717, 1.165) is 0 Å². The smallest absolute Gasteiger partial charge is 0.340 e. The number of anilines is 2. The fourth-order valence-electron chi connectivity index (χ4n) is 1.79. The van der Waals surface area contributed by atoms with Crippen LogP contribution in [0.5, 0.6) is 0 Å². The van der Waals surface area contributed by atoms with Gasteiger partial charge in [0.15, 0.2) is 5.82 Å². The number of nitrogens with two attached hydrogens (primary N) is 1. The lowest BCUT2D eigenvalue weighted by Gasteiger charge is -2.27. The lowest BCUT2D eigenvalue weighted by Crippen LogP contribution is -2.52. The van der Waals surface area contributed by atoms with Crippen molar-refractivity contribution in [2.75, 3.05) is 30.8 Å². The zero-order valence-electron chi connectivity index (χ0n) is 10.2. The van der Waals surface area contributed by atoms with Gasteiger partial charge in [0.1, 0.15) is 0 Å². The first-order chi connectivity index (χ1) is 9.02. The first-order valence-electron chi connectivity index (χ1n) is 5.43. The van der Waals surface area contributed by atoms with Crippen LogP contribution in [-0.4, -0.2) is 43.0 Å². The predicted molar refractivity (Wildman–Crippen MR) is 65.4 cm³/mol. The van der Waals surface area contributed by atoms with Crippen LogP contribution < -0.4 is 16.0 Å². The summed E-state index contributed by atoms with van der Waals surface area (Å²) in [6, 6.07) is 1.41. The monoisotopic (exact) mass is 264 g/mol. The number of imide groups is 1. The number of esters is 1. The van der Waals surface area contributed by atoms with Gasteiger partial charge in [0.05, 0.1) is 31.5 Å². The first kappa shape index (κ1) is 12.8. The molecule has 0 aromatic carbocycles. The quantitative estimate of drug-likeness (QED) is 0.515. The normalized spacial score (nSPS) is 15.1. The summed E-state index contributed by atoms with van der Waals surface area (Å²) >= 11 is 0. The Kier molecular flexibility index (Phi) is 3.32. The number of carbonyl (C=O) groups excluding carboxylic acids is 3. The largest absolute Gasteiger partial charge is 0.465 e. The number of piperazine rings is 1. The molecule has 8 nitrogen and oxygen atoms in total. The molecule has 100 valence electrons. The number of nitrogen functional groups attached to an aromatic ring is 1. The molecule has 3 N–H and O–H groups in total. The van der Waals surface area contributed by atoms with Gasteiger partial charge >= 0.3 is 5.97 Å². The summed E-state index contributed by atoms with van der Waals surface area (Å²) in [6.45, 7) is -0.0961. The molecule has 0 unspecified atom stereocenters. The number of nitrogens with zero attached hydrogens (tertiary/aromatic N) is 2. The summed E-state index contributed by atoms with van der Waals surface area (Å²) in [5, 5.41) is 2.17. The average molecular weight is 264 g/mol. The van der Waals surface area contributed by atoms with Gasteiger partial charge < -0.3 is 15.4 Å². The minimum Gasteiger partial charge on any atom is -0.465 e. The van der Waals surface area contributed by atoms with Crippen LogP contribution >= 0.6 is 0 Å². The minimum absolute atomic E-state index is 0.0480. The lowest BCUT2D eigenvalue weighted by atomic mass is 10.2. The summed E-state index contributed by atoms with van der Waals surface area (Å²) in [7, 11) is 1.24. The van der Waals surface area contributed by atoms with Crippen LogP contribution in [-0.2, 0) is 14.3 Å². The predicted octanol–water partition coefficient (Wildman–Crippen LogP) is -1.09. The van der Waals surface area contributed by atoms with E-state index in [9.17, 15) is 14.4 Å². The van der Waals surface area contributed by atoms with E-state index in [2.05, 4.69) is 15.0 Å². The number of pyridine rings is 1. The molecule has 2 heterocycles. The topological polar surface area (TPSA) is 115 Å². The van der Waals surface area contributed by atoms with Gasteiger partial charge in [-0.3, -0.25) is 14.9 Å². The summed E-state index contributed by atoms with van der Waals surface area (Å²) in [6.07, 6.45) is 1.37. The van der Waals surface area contributed by atoms with Crippen LogP contribution in [0, 0.1) is 0 Å². The molecule has 0 aliphatic carbocycles. The SMILES string of the molecule is COC(=O)c1ccnc(N2CC(=O)NC(=O)C2)c1N. The molecule has 0 saturated carbocycles. The van der Waals surface area contributed by atoms with Crippen molar-refractivity contribution >= 4 is 29.3 Å². The zero-order valence-corrected chi connectivity index (χ0v) is 10.2.